The third-order valence-corrected chi connectivity index (χ3v) is 7.30. The van der Waals surface area contributed by atoms with E-state index in [1.54, 1.807) is 17.5 Å². The first-order valence-corrected chi connectivity index (χ1v) is 11.8. The number of benzene rings is 2. The van der Waals surface area contributed by atoms with Gasteiger partial charge < -0.3 is 4.74 Å². The smallest absolute Gasteiger partial charge is 0.357 e. The van der Waals surface area contributed by atoms with Crippen LogP contribution < -0.4 is 0 Å². The monoisotopic (exact) mass is 432 g/mol. The Kier molecular flexibility index (Phi) is 7.00. The molecule has 0 bridgehead atoms. The van der Waals surface area contributed by atoms with Crippen molar-refractivity contribution in [3.63, 3.8) is 0 Å². The van der Waals surface area contributed by atoms with Gasteiger partial charge in [0.1, 0.15) is 5.01 Å². The van der Waals surface area contributed by atoms with Gasteiger partial charge in [-0.2, -0.15) is 4.31 Å². The van der Waals surface area contributed by atoms with Crippen LogP contribution in [0.3, 0.4) is 0 Å². The minimum atomic E-state index is -3.70. The minimum absolute atomic E-state index is 0.126. The van der Waals surface area contributed by atoms with E-state index >= 15 is 0 Å². The van der Waals surface area contributed by atoms with Crippen molar-refractivity contribution in [2.45, 2.75) is 37.6 Å². The van der Waals surface area contributed by atoms with Crippen molar-refractivity contribution in [1.29, 1.82) is 0 Å². The maximum absolute atomic E-state index is 13.4. The zero-order valence-electron chi connectivity index (χ0n) is 16.5. The van der Waals surface area contributed by atoms with Gasteiger partial charge in [-0.05, 0) is 29.3 Å². The van der Waals surface area contributed by atoms with E-state index in [0.29, 0.717) is 11.6 Å². The highest BCUT2D eigenvalue weighted by molar-refractivity contribution is 7.89. The molecule has 2 aromatic carbocycles. The van der Waals surface area contributed by atoms with Crippen LogP contribution in [0.4, 0.5) is 0 Å². The Hall–Kier alpha value is -2.29. The van der Waals surface area contributed by atoms with Crippen LogP contribution >= 0.6 is 11.3 Å². The van der Waals surface area contributed by atoms with Gasteiger partial charge in [0.2, 0.25) is 10.0 Å². The highest BCUT2D eigenvalue weighted by atomic mass is 32.2. The van der Waals surface area contributed by atoms with E-state index in [1.807, 2.05) is 30.3 Å². The van der Waals surface area contributed by atoms with Crippen LogP contribution in [0.25, 0.3) is 10.8 Å². The van der Waals surface area contributed by atoms with Gasteiger partial charge in [-0.25, -0.2) is 18.2 Å². The number of esters is 1. The van der Waals surface area contributed by atoms with E-state index in [9.17, 15) is 13.2 Å². The largest absolute Gasteiger partial charge is 0.464 e. The quantitative estimate of drug-likeness (QED) is 0.368. The summed E-state index contributed by atoms with van der Waals surface area (Å²) >= 11 is 1.26. The molecule has 0 N–H and O–H groups in total. The summed E-state index contributed by atoms with van der Waals surface area (Å²) in [5.74, 6) is -0.526. The van der Waals surface area contributed by atoms with Crippen molar-refractivity contribution < 1.29 is 17.9 Å². The molecular formula is C21H24N2O4S2. The van der Waals surface area contributed by atoms with E-state index in [2.05, 4.69) is 16.6 Å². The van der Waals surface area contributed by atoms with E-state index in [4.69, 9.17) is 0 Å². The number of methoxy groups -OCH3 is 1. The summed E-state index contributed by atoms with van der Waals surface area (Å²) in [6.45, 7) is 2.60. The van der Waals surface area contributed by atoms with Gasteiger partial charge in [-0.1, -0.05) is 50.1 Å². The van der Waals surface area contributed by atoms with E-state index in [-0.39, 0.29) is 17.1 Å². The Morgan fingerprint density at radius 1 is 1.14 bits per heavy atom. The van der Waals surface area contributed by atoms with Gasteiger partial charge >= 0.3 is 5.97 Å². The Morgan fingerprint density at radius 2 is 1.90 bits per heavy atom. The average molecular weight is 433 g/mol. The zero-order chi connectivity index (χ0) is 20.9. The molecule has 1 aromatic heterocycles. The molecule has 0 atom stereocenters. The summed E-state index contributed by atoms with van der Waals surface area (Å²) in [6, 6.07) is 12.8. The maximum Gasteiger partial charge on any atom is 0.357 e. The van der Waals surface area contributed by atoms with Crippen molar-refractivity contribution in [2.75, 3.05) is 13.7 Å². The average Bonchev–Trinajstić information content (AvgIpc) is 3.21. The van der Waals surface area contributed by atoms with Crippen LogP contribution in [-0.2, 0) is 21.3 Å². The molecule has 0 aliphatic rings. The summed E-state index contributed by atoms with van der Waals surface area (Å²) in [6.07, 6.45) is 2.70. The number of fused-ring (bicyclic) bond motifs is 1. The molecule has 8 heteroatoms. The molecule has 29 heavy (non-hydrogen) atoms. The fourth-order valence-electron chi connectivity index (χ4n) is 3.03. The highest BCUT2D eigenvalue weighted by Crippen LogP contribution is 2.24. The number of unbranched alkanes of at least 4 members (excludes halogenated alkanes) is 2. The molecule has 0 aliphatic carbocycles. The number of rotatable bonds is 9. The van der Waals surface area contributed by atoms with Crippen LogP contribution in [-0.4, -0.2) is 37.3 Å². The van der Waals surface area contributed by atoms with Crippen LogP contribution in [0.5, 0.6) is 0 Å². The number of hydrogen-bond acceptors (Lipinski definition) is 6. The molecule has 0 radical (unpaired) electrons. The van der Waals surface area contributed by atoms with Crippen LogP contribution in [0, 0.1) is 0 Å². The summed E-state index contributed by atoms with van der Waals surface area (Å²) < 4.78 is 32.9. The molecule has 0 saturated carbocycles. The number of aromatic nitrogens is 1. The number of sulfonamides is 1. The van der Waals surface area contributed by atoms with Crippen LogP contribution in [0.2, 0.25) is 0 Å². The molecule has 3 rings (SSSR count). The van der Waals surface area contributed by atoms with Crippen molar-refractivity contribution in [1.82, 2.24) is 9.29 Å². The molecule has 6 nitrogen and oxygen atoms in total. The third-order valence-electron chi connectivity index (χ3n) is 4.63. The van der Waals surface area contributed by atoms with Crippen molar-refractivity contribution in [3.8, 4) is 0 Å². The lowest BCUT2D eigenvalue weighted by molar-refractivity contribution is 0.0594. The summed E-state index contributed by atoms with van der Waals surface area (Å²) in [7, 11) is -2.41. The Morgan fingerprint density at radius 3 is 2.62 bits per heavy atom. The fourth-order valence-corrected chi connectivity index (χ4v) is 5.37. The molecular weight excluding hydrogens is 408 g/mol. The van der Waals surface area contributed by atoms with Crippen molar-refractivity contribution in [3.05, 3.63) is 58.5 Å². The normalized spacial score (nSPS) is 11.8. The highest BCUT2D eigenvalue weighted by Gasteiger charge is 2.26. The Bertz CT molecular complexity index is 1090. The second-order valence-corrected chi connectivity index (χ2v) is 9.55. The SMILES string of the molecule is CCCCCN(Cc1nc(C(=O)OC)cs1)S(=O)(=O)c1ccc2ccccc2c1. The number of thiazole rings is 1. The molecule has 3 aromatic rings. The predicted molar refractivity (Wildman–Crippen MR) is 115 cm³/mol. The van der Waals surface area contributed by atoms with Gasteiger partial charge in [0, 0.05) is 11.9 Å². The van der Waals surface area contributed by atoms with Crippen LogP contribution in [0.1, 0.15) is 41.7 Å². The second-order valence-electron chi connectivity index (χ2n) is 6.67. The molecule has 0 unspecified atom stereocenters. The standard InChI is InChI=1S/C21H24N2O4S2/c1-3-4-7-12-23(14-20-22-19(15-28-20)21(24)27-2)29(25,26)18-11-10-16-8-5-6-9-17(16)13-18/h5-6,8-11,13,15H,3-4,7,12,14H2,1-2H3. The number of ether oxygens (including phenoxy) is 1. The first-order valence-electron chi connectivity index (χ1n) is 9.47. The second kappa shape index (κ2) is 9.47. The molecule has 0 aliphatic heterocycles. The third kappa shape index (κ3) is 5.01. The summed E-state index contributed by atoms with van der Waals surface area (Å²) in [4.78, 5) is 16.2. The fraction of sp³-hybridized carbons (Fsp3) is 0.333. The number of hydrogen-bond donors (Lipinski definition) is 0. The van der Waals surface area contributed by atoms with Crippen molar-refractivity contribution >= 4 is 38.1 Å². The Balaban J connectivity index is 1.91. The topological polar surface area (TPSA) is 76.6 Å². The summed E-state index contributed by atoms with van der Waals surface area (Å²) in [5.41, 5.74) is 0.198. The van der Waals surface area contributed by atoms with E-state index in [0.717, 1.165) is 30.0 Å². The maximum atomic E-state index is 13.4. The molecule has 0 amide bonds. The first-order chi connectivity index (χ1) is 14.0. The zero-order valence-corrected chi connectivity index (χ0v) is 18.1. The molecule has 154 valence electrons. The Labute approximate surface area is 175 Å². The lowest BCUT2D eigenvalue weighted by Gasteiger charge is -2.21. The van der Waals surface area contributed by atoms with Crippen LogP contribution in [0.15, 0.2) is 52.7 Å². The van der Waals surface area contributed by atoms with Gasteiger partial charge in [-0.15, -0.1) is 11.3 Å². The molecule has 0 spiro atoms. The van der Waals surface area contributed by atoms with Gasteiger partial charge in [0.05, 0.1) is 18.6 Å². The number of nitrogens with zero attached hydrogens (tertiary/aromatic N) is 2. The molecule has 0 saturated heterocycles. The first kappa shape index (κ1) is 21.4. The van der Waals surface area contributed by atoms with Gasteiger partial charge in [0.15, 0.2) is 5.69 Å². The number of carbonyl (C=O) groups is 1. The predicted octanol–water partition coefficient (Wildman–Crippen LogP) is 4.46. The molecule has 0 fully saturated rings. The van der Waals surface area contributed by atoms with Gasteiger partial charge in [-0.3, -0.25) is 0 Å². The van der Waals surface area contributed by atoms with E-state index < -0.39 is 16.0 Å². The minimum Gasteiger partial charge on any atom is -0.464 e. The molecule has 1 heterocycles. The lowest BCUT2D eigenvalue weighted by atomic mass is 10.1. The van der Waals surface area contributed by atoms with Gasteiger partial charge in [0.25, 0.3) is 0 Å². The lowest BCUT2D eigenvalue weighted by Crippen LogP contribution is -2.31. The van der Waals surface area contributed by atoms with Crippen molar-refractivity contribution in [2.24, 2.45) is 0 Å². The summed E-state index contributed by atoms with van der Waals surface area (Å²) in [5, 5.41) is 4.02. The van der Waals surface area contributed by atoms with E-state index in [1.165, 1.54) is 22.8 Å². The number of carbonyl (C=O) groups excluding carboxylic acids is 1.